The molecule has 2 heterocycles. The van der Waals surface area contributed by atoms with E-state index in [4.69, 9.17) is 0 Å². The van der Waals surface area contributed by atoms with Gasteiger partial charge < -0.3 is 10.2 Å². The molecule has 1 saturated heterocycles. The van der Waals surface area contributed by atoms with E-state index in [2.05, 4.69) is 15.7 Å². The summed E-state index contributed by atoms with van der Waals surface area (Å²) in [6, 6.07) is 13.4. The molecule has 9 heteroatoms. The van der Waals surface area contributed by atoms with Crippen LogP contribution >= 0.6 is 0 Å². The van der Waals surface area contributed by atoms with Crippen molar-refractivity contribution in [2.24, 2.45) is 0 Å². The molecule has 1 aromatic heterocycles. The van der Waals surface area contributed by atoms with Crippen LogP contribution < -0.4 is 10.6 Å². The lowest BCUT2D eigenvalue weighted by molar-refractivity contribution is 0.0690. The minimum Gasteiger partial charge on any atom is -0.338 e. The lowest BCUT2D eigenvalue weighted by Crippen LogP contribution is -2.39. The molecule has 2 aromatic carbocycles. The number of benzene rings is 2. The number of hydrogen-bond acceptors (Lipinski definition) is 4. The second kappa shape index (κ2) is 9.42. The highest BCUT2D eigenvalue weighted by molar-refractivity contribution is 5.99. The van der Waals surface area contributed by atoms with E-state index in [1.807, 2.05) is 0 Å². The second-order valence-corrected chi connectivity index (χ2v) is 7.51. The van der Waals surface area contributed by atoms with Crippen LogP contribution in [0.1, 0.15) is 39.6 Å². The number of nitrogens with zero attached hydrogens (tertiary/aromatic N) is 3. The van der Waals surface area contributed by atoms with Crippen LogP contribution in [-0.4, -0.2) is 46.0 Å². The summed E-state index contributed by atoms with van der Waals surface area (Å²) in [5.41, 5.74) is 1.42. The van der Waals surface area contributed by atoms with Crippen molar-refractivity contribution in [3.8, 4) is 0 Å². The summed E-state index contributed by atoms with van der Waals surface area (Å²) >= 11 is 0. The van der Waals surface area contributed by atoms with Crippen molar-refractivity contribution in [3.63, 3.8) is 0 Å². The zero-order chi connectivity index (χ0) is 22.5. The van der Waals surface area contributed by atoms with E-state index in [9.17, 15) is 18.8 Å². The van der Waals surface area contributed by atoms with Gasteiger partial charge in [-0.2, -0.15) is 5.10 Å². The lowest BCUT2D eigenvalue weighted by Gasteiger charge is -2.32. The van der Waals surface area contributed by atoms with Crippen molar-refractivity contribution in [3.05, 3.63) is 77.7 Å². The summed E-state index contributed by atoms with van der Waals surface area (Å²) in [4.78, 5) is 37.6. The van der Waals surface area contributed by atoms with Gasteiger partial charge in [0.2, 0.25) is 0 Å². The number of piperidine rings is 1. The average Bonchev–Trinajstić information content (AvgIpc) is 3.26. The van der Waals surface area contributed by atoms with Gasteiger partial charge >= 0.3 is 6.03 Å². The third kappa shape index (κ3) is 4.83. The Morgan fingerprint density at radius 3 is 2.47 bits per heavy atom. The summed E-state index contributed by atoms with van der Waals surface area (Å²) in [5.74, 6) is 0.0103. The number of nitrogens with one attached hydrogen (secondary N) is 2. The fourth-order valence-corrected chi connectivity index (χ4v) is 3.75. The van der Waals surface area contributed by atoms with Gasteiger partial charge in [-0.1, -0.05) is 18.2 Å². The maximum atomic E-state index is 13.3. The van der Waals surface area contributed by atoms with E-state index in [-0.39, 0.29) is 11.9 Å². The van der Waals surface area contributed by atoms with Gasteiger partial charge in [-0.15, -0.1) is 0 Å². The molecule has 0 radical (unpaired) electrons. The molecule has 0 aliphatic carbocycles. The molecule has 8 nitrogen and oxygen atoms in total. The fourth-order valence-electron chi connectivity index (χ4n) is 3.75. The number of halogens is 1. The third-order valence-electron chi connectivity index (χ3n) is 5.39. The molecule has 3 amide bonds. The molecule has 32 heavy (non-hydrogen) atoms. The number of aromatic nitrogens is 2. The van der Waals surface area contributed by atoms with Gasteiger partial charge in [0.1, 0.15) is 17.9 Å². The first-order valence-corrected chi connectivity index (χ1v) is 10.2. The number of carbonyl (C=O) groups is 3. The predicted octanol–water partition coefficient (Wildman–Crippen LogP) is 3.96. The van der Waals surface area contributed by atoms with E-state index in [0.29, 0.717) is 48.6 Å². The molecule has 1 fully saturated rings. The predicted molar refractivity (Wildman–Crippen MR) is 117 cm³/mol. The van der Waals surface area contributed by atoms with E-state index in [0.717, 1.165) is 6.29 Å². The van der Waals surface area contributed by atoms with Crippen LogP contribution in [0.3, 0.4) is 0 Å². The van der Waals surface area contributed by atoms with Crippen molar-refractivity contribution in [1.82, 2.24) is 14.7 Å². The summed E-state index contributed by atoms with van der Waals surface area (Å²) in [5, 5.41) is 9.68. The number of hydrogen-bond donors (Lipinski definition) is 2. The van der Waals surface area contributed by atoms with E-state index in [1.54, 1.807) is 52.2 Å². The number of aldehydes is 1. The van der Waals surface area contributed by atoms with E-state index >= 15 is 0 Å². The van der Waals surface area contributed by atoms with Crippen molar-refractivity contribution in [2.75, 3.05) is 23.7 Å². The molecule has 1 aliphatic rings. The Morgan fingerprint density at radius 2 is 1.78 bits per heavy atom. The molecule has 1 aliphatic heterocycles. The minimum absolute atomic E-state index is 0.0240. The van der Waals surface area contributed by atoms with Crippen LogP contribution in [0.15, 0.2) is 60.8 Å². The molecule has 0 spiro atoms. The Hall–Kier alpha value is -4.01. The standard InChI is InChI=1S/C23H22FN5O3/c24-18-2-1-3-19(14-18)26-23(32)27-21-8-11-25-29(21)20-9-12-28(13-10-20)22(31)17-6-4-16(15-30)5-7-17/h1-8,11,14-15,20H,9-10,12-13H2,(H2,26,27,32). The fraction of sp³-hybridized carbons (Fsp3) is 0.217. The van der Waals surface area contributed by atoms with Crippen LogP contribution in [0.2, 0.25) is 0 Å². The van der Waals surface area contributed by atoms with Crippen molar-refractivity contribution in [2.45, 2.75) is 18.9 Å². The van der Waals surface area contributed by atoms with Crippen molar-refractivity contribution < 1.29 is 18.8 Å². The van der Waals surface area contributed by atoms with E-state index in [1.165, 1.54) is 18.2 Å². The second-order valence-electron chi connectivity index (χ2n) is 7.51. The summed E-state index contributed by atoms with van der Waals surface area (Å²) in [7, 11) is 0. The van der Waals surface area contributed by atoms with Crippen LogP contribution in [0.25, 0.3) is 0 Å². The van der Waals surface area contributed by atoms with Crippen LogP contribution in [0.4, 0.5) is 20.7 Å². The number of rotatable bonds is 5. The molecular formula is C23H22FN5O3. The molecule has 164 valence electrons. The molecule has 3 aromatic rings. The molecule has 0 bridgehead atoms. The number of amides is 3. The van der Waals surface area contributed by atoms with Gasteiger partial charge in [-0.25, -0.2) is 13.9 Å². The summed E-state index contributed by atoms with van der Waals surface area (Å²) in [6.07, 6.45) is 3.71. The molecule has 0 saturated carbocycles. The Morgan fingerprint density at radius 1 is 1.03 bits per heavy atom. The van der Waals surface area contributed by atoms with Gasteiger partial charge in [-0.3, -0.25) is 14.9 Å². The first kappa shape index (κ1) is 21.2. The zero-order valence-electron chi connectivity index (χ0n) is 17.2. The minimum atomic E-state index is -0.497. The van der Waals surface area contributed by atoms with Gasteiger partial charge in [0, 0.05) is 36.0 Å². The Labute approximate surface area is 184 Å². The van der Waals surface area contributed by atoms with Crippen molar-refractivity contribution >= 4 is 29.7 Å². The summed E-state index contributed by atoms with van der Waals surface area (Å²) < 4.78 is 15.0. The molecule has 0 atom stereocenters. The Bertz CT molecular complexity index is 1120. The SMILES string of the molecule is O=Cc1ccc(C(=O)N2CCC(n3nccc3NC(=O)Nc3cccc(F)c3)CC2)cc1. The van der Waals surface area contributed by atoms with Gasteiger partial charge in [0.15, 0.2) is 0 Å². The van der Waals surface area contributed by atoms with Crippen LogP contribution in [0, 0.1) is 5.82 Å². The van der Waals surface area contributed by atoms with Gasteiger partial charge in [-0.05, 0) is 43.2 Å². The number of carbonyl (C=O) groups excluding carboxylic acids is 3. The van der Waals surface area contributed by atoms with E-state index < -0.39 is 11.8 Å². The highest BCUT2D eigenvalue weighted by Gasteiger charge is 2.26. The van der Waals surface area contributed by atoms with Gasteiger partial charge in [0.05, 0.1) is 12.2 Å². The summed E-state index contributed by atoms with van der Waals surface area (Å²) in [6.45, 7) is 1.10. The van der Waals surface area contributed by atoms with Crippen molar-refractivity contribution in [1.29, 1.82) is 0 Å². The largest absolute Gasteiger partial charge is 0.338 e. The monoisotopic (exact) mass is 435 g/mol. The highest BCUT2D eigenvalue weighted by Crippen LogP contribution is 2.26. The van der Waals surface area contributed by atoms with Crippen LogP contribution in [0.5, 0.6) is 0 Å². The molecule has 4 rings (SSSR count). The topological polar surface area (TPSA) is 96.3 Å². The highest BCUT2D eigenvalue weighted by atomic mass is 19.1. The quantitative estimate of drug-likeness (QED) is 0.593. The first-order valence-electron chi connectivity index (χ1n) is 10.2. The molecule has 2 N–H and O–H groups in total. The Balaban J connectivity index is 1.35. The lowest BCUT2D eigenvalue weighted by atomic mass is 10.0. The first-order chi connectivity index (χ1) is 15.5. The maximum absolute atomic E-state index is 13.3. The number of urea groups is 1. The molecule has 0 unspecified atom stereocenters. The van der Waals surface area contributed by atoms with Crippen LogP contribution in [-0.2, 0) is 0 Å². The van der Waals surface area contributed by atoms with Gasteiger partial charge in [0.25, 0.3) is 5.91 Å². The number of likely N-dealkylation sites (tertiary alicyclic amines) is 1. The smallest absolute Gasteiger partial charge is 0.324 e. The number of anilines is 2. The Kier molecular flexibility index (Phi) is 6.25. The average molecular weight is 435 g/mol. The molecular weight excluding hydrogens is 413 g/mol. The maximum Gasteiger partial charge on any atom is 0.324 e. The normalized spacial score (nSPS) is 14.1. The third-order valence-corrected chi connectivity index (χ3v) is 5.39. The zero-order valence-corrected chi connectivity index (χ0v) is 17.2.